The lowest BCUT2D eigenvalue weighted by Gasteiger charge is -2.43. The second-order valence-corrected chi connectivity index (χ2v) is 18.2. The third-order valence-electron chi connectivity index (χ3n) is 9.05. The Kier molecular flexibility index (Phi) is 10.1. The SMILES string of the molecule is C=CCOC(=O)N1C[C@@H](SC(c2ccccc2)(c2ccccc2)c2ccccc2)C[C@@H]1C(C1C(=O)NC(=O)N1C(C)(C)C)[SiH](C)C. The van der Waals surface area contributed by atoms with E-state index in [9.17, 15) is 14.4 Å². The fourth-order valence-electron chi connectivity index (χ4n) is 7.24. The summed E-state index contributed by atoms with van der Waals surface area (Å²) in [5.41, 5.74) is 2.68. The van der Waals surface area contributed by atoms with Gasteiger partial charge in [0.1, 0.15) is 12.6 Å². The van der Waals surface area contributed by atoms with Crippen LogP contribution in [0.4, 0.5) is 9.59 Å². The van der Waals surface area contributed by atoms with Crippen LogP contribution in [-0.2, 0) is 14.3 Å². The van der Waals surface area contributed by atoms with Gasteiger partial charge >= 0.3 is 12.1 Å². The van der Waals surface area contributed by atoms with Crippen LogP contribution in [0.5, 0.6) is 0 Å². The molecular formula is C37H45N3O4SSi. The number of likely N-dealkylation sites (tertiary alicyclic amines) is 1. The van der Waals surface area contributed by atoms with Gasteiger partial charge in [0.25, 0.3) is 5.91 Å². The Morgan fingerprint density at radius 3 is 1.89 bits per heavy atom. The van der Waals surface area contributed by atoms with Crippen LogP contribution in [0.2, 0.25) is 18.6 Å². The predicted octanol–water partition coefficient (Wildman–Crippen LogP) is 7.05. The lowest BCUT2D eigenvalue weighted by Crippen LogP contribution is -2.56. The zero-order chi connectivity index (χ0) is 33.1. The van der Waals surface area contributed by atoms with E-state index in [4.69, 9.17) is 4.74 Å². The number of hydrogen-bond acceptors (Lipinski definition) is 5. The second-order valence-electron chi connectivity index (χ2n) is 13.4. The molecule has 242 valence electrons. The molecule has 0 saturated carbocycles. The number of imide groups is 1. The number of carbonyl (C=O) groups is 3. The predicted molar refractivity (Wildman–Crippen MR) is 189 cm³/mol. The first-order valence-corrected chi connectivity index (χ1v) is 19.9. The highest BCUT2D eigenvalue weighted by Gasteiger charge is 2.55. The van der Waals surface area contributed by atoms with E-state index in [1.54, 1.807) is 11.0 Å². The summed E-state index contributed by atoms with van der Waals surface area (Å²) >= 11 is 1.85. The number of thioether (sulfide) groups is 1. The molecule has 0 aromatic heterocycles. The zero-order valence-electron chi connectivity index (χ0n) is 27.4. The molecule has 2 aliphatic heterocycles. The van der Waals surface area contributed by atoms with Crippen molar-refractivity contribution in [3.63, 3.8) is 0 Å². The maximum atomic E-state index is 13.8. The van der Waals surface area contributed by atoms with Crippen molar-refractivity contribution < 1.29 is 19.1 Å². The summed E-state index contributed by atoms with van der Waals surface area (Å²) in [6, 6.07) is 30.3. The molecule has 0 aliphatic carbocycles. The third kappa shape index (κ3) is 6.53. The molecule has 46 heavy (non-hydrogen) atoms. The summed E-state index contributed by atoms with van der Waals surface area (Å²) in [4.78, 5) is 44.0. The minimum absolute atomic E-state index is 0.000372. The average Bonchev–Trinajstić information content (AvgIpc) is 3.59. The lowest BCUT2D eigenvalue weighted by atomic mass is 9.84. The van der Waals surface area contributed by atoms with Gasteiger partial charge in [-0.1, -0.05) is 117 Å². The fraction of sp³-hybridized carbons (Fsp3) is 0.378. The molecule has 2 heterocycles. The van der Waals surface area contributed by atoms with Gasteiger partial charge in [-0.05, 0) is 43.9 Å². The number of carbonyl (C=O) groups excluding carboxylic acids is 3. The number of nitrogens with one attached hydrogen (secondary N) is 1. The van der Waals surface area contributed by atoms with Gasteiger partial charge in [-0.2, -0.15) is 0 Å². The first-order valence-electron chi connectivity index (χ1n) is 16.0. The number of urea groups is 1. The van der Waals surface area contributed by atoms with Crippen molar-refractivity contribution >= 4 is 38.6 Å². The van der Waals surface area contributed by atoms with Crippen molar-refractivity contribution in [2.75, 3.05) is 13.2 Å². The highest BCUT2D eigenvalue weighted by Crippen LogP contribution is 2.53. The standard InChI is InChI=1S/C37H45N3O4SSi/c1-7-23-44-35(43)39-25-29(24-30(39)32(46(5)6)31-33(41)38-34(42)40(31)36(2,3)4)45-37(26-17-11-8-12-18-26,27-19-13-9-14-20-27)28-21-15-10-16-22-28/h7-22,29-32,46H,1,23-25H2,2-6H3,(H,38,41,42)/t29-,30+,31?,32?/m0/s1. The number of nitrogens with zero attached hydrogens (tertiary/aromatic N) is 2. The summed E-state index contributed by atoms with van der Waals surface area (Å²) in [6.07, 6.45) is 1.82. The van der Waals surface area contributed by atoms with Gasteiger partial charge in [0.2, 0.25) is 0 Å². The summed E-state index contributed by atoms with van der Waals surface area (Å²) in [5.74, 6) is -0.283. The molecule has 9 heteroatoms. The van der Waals surface area contributed by atoms with Gasteiger partial charge in [-0.15, -0.1) is 11.8 Å². The van der Waals surface area contributed by atoms with Crippen molar-refractivity contribution in [1.29, 1.82) is 0 Å². The van der Waals surface area contributed by atoms with Crippen molar-refractivity contribution in [2.24, 2.45) is 0 Å². The van der Waals surface area contributed by atoms with E-state index in [0.717, 1.165) is 16.7 Å². The van der Waals surface area contributed by atoms with Crippen LogP contribution in [0.3, 0.4) is 0 Å². The molecule has 5 rings (SSSR count). The van der Waals surface area contributed by atoms with Crippen molar-refractivity contribution in [2.45, 2.75) is 73.4 Å². The molecule has 0 spiro atoms. The molecular weight excluding hydrogens is 611 g/mol. The van der Waals surface area contributed by atoms with Gasteiger partial charge < -0.3 is 14.5 Å². The fourth-order valence-corrected chi connectivity index (χ4v) is 11.4. The molecule has 7 nitrogen and oxygen atoms in total. The third-order valence-corrected chi connectivity index (χ3v) is 13.1. The molecule has 4 atom stereocenters. The minimum Gasteiger partial charge on any atom is -0.445 e. The topological polar surface area (TPSA) is 79.0 Å². The molecule has 4 amide bonds. The number of hydrogen-bond donors (Lipinski definition) is 1. The van der Waals surface area contributed by atoms with Crippen LogP contribution in [0, 0.1) is 0 Å². The van der Waals surface area contributed by atoms with E-state index in [2.05, 4.69) is 97.8 Å². The van der Waals surface area contributed by atoms with E-state index in [0.29, 0.717) is 13.0 Å². The van der Waals surface area contributed by atoms with Crippen molar-refractivity contribution in [3.8, 4) is 0 Å². The smallest absolute Gasteiger partial charge is 0.410 e. The van der Waals surface area contributed by atoms with Gasteiger partial charge in [-0.3, -0.25) is 10.1 Å². The Balaban J connectivity index is 1.62. The average molecular weight is 656 g/mol. The van der Waals surface area contributed by atoms with E-state index in [-0.39, 0.29) is 35.4 Å². The van der Waals surface area contributed by atoms with Crippen molar-refractivity contribution in [1.82, 2.24) is 15.1 Å². The highest BCUT2D eigenvalue weighted by atomic mass is 32.2. The Hall–Kier alpha value is -3.82. The molecule has 0 radical (unpaired) electrons. The van der Waals surface area contributed by atoms with Gasteiger partial charge in [0.15, 0.2) is 0 Å². The highest BCUT2D eigenvalue weighted by molar-refractivity contribution is 8.01. The quantitative estimate of drug-likeness (QED) is 0.110. The van der Waals surface area contributed by atoms with Crippen LogP contribution in [0.25, 0.3) is 0 Å². The van der Waals surface area contributed by atoms with Crippen LogP contribution in [-0.4, -0.2) is 72.7 Å². The number of benzene rings is 3. The maximum absolute atomic E-state index is 13.8. The summed E-state index contributed by atoms with van der Waals surface area (Å²) in [7, 11) is -1.67. The van der Waals surface area contributed by atoms with E-state index in [1.807, 2.05) is 55.6 Å². The van der Waals surface area contributed by atoms with Gasteiger partial charge in [0.05, 0.1) is 4.75 Å². The summed E-state index contributed by atoms with van der Waals surface area (Å²) in [5, 5.41) is 2.59. The molecule has 2 saturated heterocycles. The molecule has 2 unspecified atom stereocenters. The van der Waals surface area contributed by atoms with Crippen LogP contribution in [0.1, 0.15) is 43.9 Å². The molecule has 2 aliphatic rings. The summed E-state index contributed by atoms with van der Waals surface area (Å²) in [6.45, 7) is 14.6. The Morgan fingerprint density at radius 2 is 1.46 bits per heavy atom. The molecule has 3 aromatic carbocycles. The van der Waals surface area contributed by atoms with Gasteiger partial charge in [-0.25, -0.2) is 9.59 Å². The zero-order valence-corrected chi connectivity index (χ0v) is 29.4. The van der Waals surface area contributed by atoms with Crippen molar-refractivity contribution in [3.05, 3.63) is 120 Å². The number of ether oxygens (including phenoxy) is 1. The summed E-state index contributed by atoms with van der Waals surface area (Å²) < 4.78 is 5.10. The number of amides is 4. The van der Waals surface area contributed by atoms with Gasteiger partial charge in [0, 0.05) is 37.7 Å². The maximum Gasteiger partial charge on any atom is 0.410 e. The van der Waals surface area contributed by atoms with Crippen LogP contribution >= 0.6 is 11.8 Å². The van der Waals surface area contributed by atoms with Crippen LogP contribution < -0.4 is 5.32 Å². The Morgan fingerprint density at radius 1 is 0.957 bits per heavy atom. The number of rotatable bonds is 10. The minimum atomic E-state index is -1.67. The second kappa shape index (κ2) is 13.9. The largest absolute Gasteiger partial charge is 0.445 e. The first-order chi connectivity index (χ1) is 22.0. The van der Waals surface area contributed by atoms with E-state index >= 15 is 0 Å². The normalized spacial score (nSPS) is 21.0. The van der Waals surface area contributed by atoms with E-state index in [1.165, 1.54) is 0 Å². The molecule has 3 aromatic rings. The van der Waals surface area contributed by atoms with Crippen LogP contribution in [0.15, 0.2) is 104 Å². The molecule has 1 N–H and O–H groups in total. The lowest BCUT2D eigenvalue weighted by molar-refractivity contribution is -0.122. The Labute approximate surface area is 279 Å². The van der Waals surface area contributed by atoms with E-state index < -0.39 is 31.2 Å². The monoisotopic (exact) mass is 655 g/mol. The molecule has 2 fully saturated rings. The molecule has 0 bridgehead atoms. The first kappa shape index (κ1) is 33.5. The Bertz CT molecular complexity index is 1430.